The van der Waals surface area contributed by atoms with E-state index >= 15 is 0 Å². The van der Waals surface area contributed by atoms with E-state index in [2.05, 4.69) is 10.2 Å². The van der Waals surface area contributed by atoms with Crippen molar-refractivity contribution in [1.82, 2.24) is 10.2 Å². The van der Waals surface area contributed by atoms with E-state index in [0.29, 0.717) is 29.4 Å². The van der Waals surface area contributed by atoms with Crippen molar-refractivity contribution in [3.63, 3.8) is 0 Å². The standard InChI is InChI=1S/C21H25ClFN3O2.ClH/c22-17-4-3-5-18(23)21(17)19(26-10-1-2-11-26)13-25-12-15-6-8-16(9-7-15)28-14-20(24)27;/h3-9,19,25H,1-2,10-14H2,(H2,24,27);1H. The van der Waals surface area contributed by atoms with Gasteiger partial charge in [-0.15, -0.1) is 12.4 Å². The van der Waals surface area contributed by atoms with Crippen molar-refractivity contribution in [1.29, 1.82) is 0 Å². The molecular weight excluding hydrogens is 416 g/mol. The normalized spacial score (nSPS) is 15.0. The van der Waals surface area contributed by atoms with Gasteiger partial charge in [0.05, 0.1) is 6.04 Å². The lowest BCUT2D eigenvalue weighted by Gasteiger charge is -2.29. The Kier molecular flexibility index (Phi) is 9.17. The molecule has 0 saturated carbocycles. The van der Waals surface area contributed by atoms with E-state index in [-0.39, 0.29) is 30.9 Å². The molecule has 2 aromatic carbocycles. The Hall–Kier alpha value is -1.86. The molecule has 1 aliphatic heterocycles. The van der Waals surface area contributed by atoms with Gasteiger partial charge in [0.2, 0.25) is 0 Å². The van der Waals surface area contributed by atoms with Gasteiger partial charge in [-0.1, -0.05) is 29.8 Å². The second kappa shape index (κ2) is 11.4. The topological polar surface area (TPSA) is 67.6 Å². The maximum Gasteiger partial charge on any atom is 0.255 e. The maximum absolute atomic E-state index is 14.5. The van der Waals surface area contributed by atoms with Crippen LogP contribution in [0.5, 0.6) is 5.75 Å². The van der Waals surface area contributed by atoms with E-state index in [4.69, 9.17) is 22.1 Å². The molecular formula is C21H26Cl2FN3O2. The molecule has 8 heteroatoms. The quantitative estimate of drug-likeness (QED) is 0.622. The van der Waals surface area contributed by atoms with Crippen molar-refractivity contribution in [3.8, 4) is 5.75 Å². The molecule has 0 spiro atoms. The number of carbonyl (C=O) groups excluding carboxylic acids is 1. The number of rotatable bonds is 9. The molecule has 0 bridgehead atoms. The van der Waals surface area contributed by atoms with Crippen molar-refractivity contribution in [2.75, 3.05) is 26.2 Å². The summed E-state index contributed by atoms with van der Waals surface area (Å²) >= 11 is 6.33. The van der Waals surface area contributed by atoms with Crippen LogP contribution in [0.4, 0.5) is 4.39 Å². The predicted molar refractivity (Wildman–Crippen MR) is 115 cm³/mol. The molecule has 0 radical (unpaired) electrons. The Morgan fingerprint density at radius 1 is 1.21 bits per heavy atom. The third kappa shape index (κ3) is 6.57. The zero-order chi connectivity index (χ0) is 19.9. The lowest BCUT2D eigenvalue weighted by atomic mass is 10.0. The summed E-state index contributed by atoms with van der Waals surface area (Å²) in [5.74, 6) is -0.178. The van der Waals surface area contributed by atoms with Gasteiger partial charge in [-0.05, 0) is 55.8 Å². The average molecular weight is 442 g/mol. The van der Waals surface area contributed by atoms with E-state index < -0.39 is 5.91 Å². The van der Waals surface area contributed by atoms with E-state index in [9.17, 15) is 9.18 Å². The highest BCUT2D eigenvalue weighted by Gasteiger charge is 2.27. The van der Waals surface area contributed by atoms with Crippen LogP contribution in [0.2, 0.25) is 5.02 Å². The monoisotopic (exact) mass is 441 g/mol. The molecule has 1 unspecified atom stereocenters. The number of nitrogens with one attached hydrogen (secondary N) is 1. The maximum atomic E-state index is 14.5. The number of primary amides is 1. The molecule has 1 saturated heterocycles. The van der Waals surface area contributed by atoms with Gasteiger partial charge in [0.1, 0.15) is 11.6 Å². The van der Waals surface area contributed by atoms with Crippen molar-refractivity contribution in [2.45, 2.75) is 25.4 Å². The van der Waals surface area contributed by atoms with Crippen molar-refractivity contribution in [2.24, 2.45) is 5.73 Å². The number of likely N-dealkylation sites (tertiary alicyclic amines) is 1. The van der Waals surface area contributed by atoms with Gasteiger partial charge in [0.25, 0.3) is 5.91 Å². The minimum Gasteiger partial charge on any atom is -0.484 e. The summed E-state index contributed by atoms with van der Waals surface area (Å²) in [5.41, 5.74) is 6.70. The molecule has 158 valence electrons. The lowest BCUT2D eigenvalue weighted by Crippen LogP contribution is -2.34. The number of carbonyl (C=O) groups is 1. The second-order valence-electron chi connectivity index (χ2n) is 6.92. The first kappa shape index (κ1) is 23.4. The summed E-state index contributed by atoms with van der Waals surface area (Å²) in [6, 6.07) is 12.2. The van der Waals surface area contributed by atoms with E-state index in [1.165, 1.54) is 6.07 Å². The molecule has 1 aliphatic rings. The minimum atomic E-state index is -0.509. The van der Waals surface area contributed by atoms with Crippen LogP contribution < -0.4 is 15.8 Å². The minimum absolute atomic E-state index is 0. The molecule has 1 heterocycles. The lowest BCUT2D eigenvalue weighted by molar-refractivity contribution is -0.119. The van der Waals surface area contributed by atoms with Gasteiger partial charge >= 0.3 is 0 Å². The summed E-state index contributed by atoms with van der Waals surface area (Å²) in [5, 5.41) is 3.89. The second-order valence-corrected chi connectivity index (χ2v) is 7.33. The zero-order valence-electron chi connectivity index (χ0n) is 16.1. The van der Waals surface area contributed by atoms with Crippen molar-refractivity contribution in [3.05, 3.63) is 64.4 Å². The number of hydrogen-bond acceptors (Lipinski definition) is 4. The van der Waals surface area contributed by atoms with Crippen LogP contribution in [0.25, 0.3) is 0 Å². The Morgan fingerprint density at radius 3 is 2.52 bits per heavy atom. The van der Waals surface area contributed by atoms with Crippen LogP contribution >= 0.6 is 24.0 Å². The molecule has 1 fully saturated rings. The predicted octanol–water partition coefficient (Wildman–Crippen LogP) is 3.69. The number of hydrogen-bond donors (Lipinski definition) is 2. The smallest absolute Gasteiger partial charge is 0.255 e. The summed E-state index contributed by atoms with van der Waals surface area (Å²) < 4.78 is 19.8. The molecule has 0 aromatic heterocycles. The Bertz CT molecular complexity index is 779. The van der Waals surface area contributed by atoms with Crippen LogP contribution in [0.15, 0.2) is 42.5 Å². The number of benzene rings is 2. The molecule has 3 N–H and O–H groups in total. The number of nitrogens with zero attached hydrogens (tertiary/aromatic N) is 1. The van der Waals surface area contributed by atoms with Gasteiger partial charge in [-0.2, -0.15) is 0 Å². The Labute approximate surface area is 181 Å². The summed E-state index contributed by atoms with van der Waals surface area (Å²) in [4.78, 5) is 13.1. The number of amides is 1. The average Bonchev–Trinajstić information content (AvgIpc) is 3.20. The Morgan fingerprint density at radius 2 is 1.90 bits per heavy atom. The van der Waals surface area contributed by atoms with E-state index in [1.54, 1.807) is 24.3 Å². The molecule has 3 rings (SSSR count). The van der Waals surface area contributed by atoms with Gasteiger partial charge in [0.15, 0.2) is 6.61 Å². The SMILES string of the molecule is Cl.NC(=O)COc1ccc(CNCC(c2c(F)cccc2Cl)N2CCCC2)cc1. The van der Waals surface area contributed by atoms with E-state index in [0.717, 1.165) is 31.5 Å². The van der Waals surface area contributed by atoms with Crippen LogP contribution in [0.1, 0.15) is 30.0 Å². The molecule has 5 nitrogen and oxygen atoms in total. The number of ether oxygens (including phenoxy) is 1. The van der Waals surface area contributed by atoms with Crippen LogP contribution in [0, 0.1) is 5.82 Å². The fourth-order valence-corrected chi connectivity index (χ4v) is 3.80. The Balaban J connectivity index is 0.00000300. The van der Waals surface area contributed by atoms with Crippen LogP contribution in [0.3, 0.4) is 0 Å². The van der Waals surface area contributed by atoms with Crippen LogP contribution in [-0.4, -0.2) is 37.0 Å². The molecule has 2 aromatic rings. The van der Waals surface area contributed by atoms with Gasteiger partial charge in [-0.3, -0.25) is 9.69 Å². The first-order chi connectivity index (χ1) is 13.5. The fraction of sp³-hybridized carbons (Fsp3) is 0.381. The van der Waals surface area contributed by atoms with Gasteiger partial charge in [-0.25, -0.2) is 4.39 Å². The summed E-state index contributed by atoms with van der Waals surface area (Å²) in [6.07, 6.45) is 2.24. The summed E-state index contributed by atoms with van der Waals surface area (Å²) in [6.45, 7) is 2.98. The highest BCUT2D eigenvalue weighted by atomic mass is 35.5. The van der Waals surface area contributed by atoms with Crippen molar-refractivity contribution >= 4 is 29.9 Å². The highest BCUT2D eigenvalue weighted by molar-refractivity contribution is 6.31. The van der Waals surface area contributed by atoms with E-state index in [1.807, 2.05) is 12.1 Å². The largest absolute Gasteiger partial charge is 0.484 e. The van der Waals surface area contributed by atoms with Gasteiger partial charge in [0, 0.05) is 23.7 Å². The van der Waals surface area contributed by atoms with Gasteiger partial charge < -0.3 is 15.8 Å². The highest BCUT2D eigenvalue weighted by Crippen LogP contribution is 2.32. The zero-order valence-corrected chi connectivity index (χ0v) is 17.6. The fourth-order valence-electron chi connectivity index (χ4n) is 3.51. The molecule has 0 aliphatic carbocycles. The third-order valence-electron chi connectivity index (χ3n) is 4.89. The van der Waals surface area contributed by atoms with Crippen LogP contribution in [-0.2, 0) is 11.3 Å². The molecule has 1 amide bonds. The third-order valence-corrected chi connectivity index (χ3v) is 5.22. The number of nitrogens with two attached hydrogens (primary N) is 1. The first-order valence-electron chi connectivity index (χ1n) is 9.43. The number of halogens is 3. The van der Waals surface area contributed by atoms with Crippen molar-refractivity contribution < 1.29 is 13.9 Å². The molecule has 29 heavy (non-hydrogen) atoms. The molecule has 1 atom stereocenters. The summed E-state index contributed by atoms with van der Waals surface area (Å²) in [7, 11) is 0. The first-order valence-corrected chi connectivity index (χ1v) is 9.81.